The molecule has 3 nitrogen and oxygen atoms in total. The van der Waals surface area contributed by atoms with Gasteiger partial charge in [0.15, 0.2) is 0 Å². The molecular weight excluding hydrogens is 284 g/mol. The predicted molar refractivity (Wildman–Crippen MR) is 70.7 cm³/mol. The van der Waals surface area contributed by atoms with Crippen LogP contribution in [0.25, 0.3) is 0 Å². The monoisotopic (exact) mass is 300 g/mol. The Morgan fingerprint density at radius 1 is 1.53 bits per heavy atom. The minimum Gasteiger partial charge on any atom is -0.496 e. The van der Waals surface area contributed by atoms with Crippen molar-refractivity contribution in [2.75, 3.05) is 7.11 Å². The first-order chi connectivity index (χ1) is 7.95. The smallest absolute Gasteiger partial charge is 0.303 e. The summed E-state index contributed by atoms with van der Waals surface area (Å²) in [6.07, 6.45) is 0.789. The van der Waals surface area contributed by atoms with Gasteiger partial charge in [0.05, 0.1) is 7.11 Å². The Labute approximate surface area is 110 Å². The largest absolute Gasteiger partial charge is 0.496 e. The van der Waals surface area contributed by atoms with Crippen molar-refractivity contribution in [1.29, 1.82) is 0 Å². The van der Waals surface area contributed by atoms with Crippen LogP contribution in [0.4, 0.5) is 0 Å². The second-order valence-corrected chi connectivity index (χ2v) is 5.03. The van der Waals surface area contributed by atoms with Gasteiger partial charge in [-0.05, 0) is 42.5 Å². The highest BCUT2D eigenvalue weighted by molar-refractivity contribution is 9.10. The Morgan fingerprint density at radius 3 is 2.71 bits per heavy atom. The molecule has 0 bridgehead atoms. The lowest BCUT2D eigenvalue weighted by Gasteiger charge is -2.16. The van der Waals surface area contributed by atoms with Crippen LogP contribution < -0.4 is 4.74 Å². The van der Waals surface area contributed by atoms with E-state index in [1.807, 2.05) is 26.0 Å². The van der Waals surface area contributed by atoms with E-state index in [1.165, 1.54) is 0 Å². The summed E-state index contributed by atoms with van der Waals surface area (Å²) in [4.78, 5) is 10.6. The quantitative estimate of drug-likeness (QED) is 0.901. The molecular formula is C13H17BrO3. The van der Waals surface area contributed by atoms with Crippen LogP contribution in [-0.4, -0.2) is 18.2 Å². The molecule has 1 aromatic carbocycles. The fourth-order valence-electron chi connectivity index (χ4n) is 1.73. The zero-order valence-corrected chi connectivity index (χ0v) is 11.9. The molecule has 1 aromatic rings. The third kappa shape index (κ3) is 3.73. The molecule has 0 aliphatic heterocycles. The lowest BCUT2D eigenvalue weighted by atomic mass is 9.94. The Bertz CT molecular complexity index is 415. The third-order valence-corrected chi connectivity index (χ3v) is 3.69. The molecule has 0 radical (unpaired) electrons. The SMILES string of the molecule is COc1cc(C)c(Br)cc1C(C)CCC(=O)O. The zero-order chi connectivity index (χ0) is 13.0. The van der Waals surface area contributed by atoms with Gasteiger partial charge >= 0.3 is 5.97 Å². The number of aryl methyl sites for hydroxylation is 1. The molecule has 0 aliphatic rings. The predicted octanol–water partition coefficient (Wildman–Crippen LogP) is 3.73. The molecule has 1 unspecified atom stereocenters. The van der Waals surface area contributed by atoms with Crippen LogP contribution in [0.15, 0.2) is 16.6 Å². The minimum atomic E-state index is -0.762. The van der Waals surface area contributed by atoms with Crippen molar-refractivity contribution in [3.05, 3.63) is 27.7 Å². The number of carboxylic acids is 1. The van der Waals surface area contributed by atoms with Crippen molar-refractivity contribution >= 4 is 21.9 Å². The van der Waals surface area contributed by atoms with Gasteiger partial charge in [0.25, 0.3) is 0 Å². The van der Waals surface area contributed by atoms with Crippen LogP contribution in [0.3, 0.4) is 0 Å². The number of aliphatic carboxylic acids is 1. The number of methoxy groups -OCH3 is 1. The zero-order valence-electron chi connectivity index (χ0n) is 10.3. The Balaban J connectivity index is 2.95. The molecule has 0 fully saturated rings. The van der Waals surface area contributed by atoms with Gasteiger partial charge < -0.3 is 9.84 Å². The van der Waals surface area contributed by atoms with Crippen LogP contribution >= 0.6 is 15.9 Å². The fraction of sp³-hybridized carbons (Fsp3) is 0.462. The number of hydrogen-bond donors (Lipinski definition) is 1. The number of carboxylic acid groups (broad SMARTS) is 1. The van der Waals surface area contributed by atoms with Crippen LogP contribution in [-0.2, 0) is 4.79 Å². The van der Waals surface area contributed by atoms with Gasteiger partial charge in [-0.3, -0.25) is 4.79 Å². The highest BCUT2D eigenvalue weighted by Gasteiger charge is 2.14. The Morgan fingerprint density at radius 2 is 2.18 bits per heavy atom. The van der Waals surface area contributed by atoms with E-state index >= 15 is 0 Å². The van der Waals surface area contributed by atoms with Gasteiger partial charge in [0, 0.05) is 10.9 Å². The summed E-state index contributed by atoms with van der Waals surface area (Å²) < 4.78 is 6.36. The standard InChI is InChI=1S/C13H17BrO3/c1-8(4-5-13(15)16)10-7-11(14)9(2)6-12(10)17-3/h6-8H,4-5H2,1-3H3,(H,15,16). The van der Waals surface area contributed by atoms with E-state index < -0.39 is 5.97 Å². The van der Waals surface area contributed by atoms with Crippen molar-refractivity contribution in [2.45, 2.75) is 32.6 Å². The maximum Gasteiger partial charge on any atom is 0.303 e. The minimum absolute atomic E-state index is 0.165. The van der Waals surface area contributed by atoms with E-state index in [9.17, 15) is 4.79 Å². The molecule has 0 amide bonds. The number of carbonyl (C=O) groups is 1. The van der Waals surface area contributed by atoms with Crippen LogP contribution in [0.1, 0.15) is 36.8 Å². The van der Waals surface area contributed by atoms with Crippen LogP contribution in [0.5, 0.6) is 5.75 Å². The lowest BCUT2D eigenvalue weighted by Crippen LogP contribution is -2.02. The molecule has 0 spiro atoms. The van der Waals surface area contributed by atoms with Crippen LogP contribution in [0.2, 0.25) is 0 Å². The van der Waals surface area contributed by atoms with E-state index in [4.69, 9.17) is 9.84 Å². The molecule has 1 N–H and O–H groups in total. The average Bonchev–Trinajstić information content (AvgIpc) is 2.28. The summed E-state index contributed by atoms with van der Waals surface area (Å²) in [5.74, 6) is 0.225. The number of ether oxygens (including phenoxy) is 1. The number of benzene rings is 1. The molecule has 0 aliphatic carbocycles. The fourth-order valence-corrected chi connectivity index (χ4v) is 2.09. The molecule has 0 aromatic heterocycles. The summed E-state index contributed by atoms with van der Waals surface area (Å²) in [6.45, 7) is 4.01. The van der Waals surface area contributed by atoms with Gasteiger partial charge in [0.1, 0.15) is 5.75 Å². The maximum absolute atomic E-state index is 10.6. The normalized spacial score (nSPS) is 12.2. The molecule has 4 heteroatoms. The summed E-state index contributed by atoms with van der Waals surface area (Å²) in [7, 11) is 1.64. The van der Waals surface area contributed by atoms with Crippen LogP contribution in [0, 0.1) is 6.92 Å². The molecule has 94 valence electrons. The maximum atomic E-state index is 10.6. The summed E-state index contributed by atoms with van der Waals surface area (Å²) in [6, 6.07) is 3.98. The van der Waals surface area contributed by atoms with Crippen molar-refractivity contribution < 1.29 is 14.6 Å². The summed E-state index contributed by atoms with van der Waals surface area (Å²) in [5, 5.41) is 8.69. The van der Waals surface area contributed by atoms with E-state index in [2.05, 4.69) is 15.9 Å². The highest BCUT2D eigenvalue weighted by Crippen LogP contribution is 2.34. The topological polar surface area (TPSA) is 46.5 Å². The first-order valence-corrected chi connectivity index (χ1v) is 6.30. The van der Waals surface area contributed by atoms with Gasteiger partial charge in [-0.1, -0.05) is 22.9 Å². The van der Waals surface area contributed by atoms with Crippen molar-refractivity contribution in [2.24, 2.45) is 0 Å². The molecule has 1 rings (SSSR count). The second kappa shape index (κ2) is 6.05. The second-order valence-electron chi connectivity index (χ2n) is 4.18. The van der Waals surface area contributed by atoms with Gasteiger partial charge in [-0.15, -0.1) is 0 Å². The summed E-state index contributed by atoms with van der Waals surface area (Å²) >= 11 is 3.49. The highest BCUT2D eigenvalue weighted by atomic mass is 79.9. The van der Waals surface area contributed by atoms with Gasteiger partial charge in [-0.2, -0.15) is 0 Å². The summed E-state index contributed by atoms with van der Waals surface area (Å²) in [5.41, 5.74) is 2.15. The van der Waals surface area contributed by atoms with E-state index in [0.717, 1.165) is 21.3 Å². The van der Waals surface area contributed by atoms with Gasteiger partial charge in [-0.25, -0.2) is 0 Å². The van der Waals surface area contributed by atoms with Crippen molar-refractivity contribution in [3.8, 4) is 5.75 Å². The van der Waals surface area contributed by atoms with Crippen molar-refractivity contribution in [3.63, 3.8) is 0 Å². The van der Waals surface area contributed by atoms with Crippen molar-refractivity contribution in [1.82, 2.24) is 0 Å². The first-order valence-electron chi connectivity index (χ1n) is 5.51. The first kappa shape index (κ1) is 14.0. The van der Waals surface area contributed by atoms with E-state index in [1.54, 1.807) is 7.11 Å². The molecule has 0 heterocycles. The Hall–Kier alpha value is -1.03. The lowest BCUT2D eigenvalue weighted by molar-refractivity contribution is -0.137. The third-order valence-electron chi connectivity index (χ3n) is 2.83. The number of hydrogen-bond acceptors (Lipinski definition) is 2. The molecule has 17 heavy (non-hydrogen) atoms. The van der Waals surface area contributed by atoms with E-state index in [0.29, 0.717) is 6.42 Å². The molecule has 1 atom stereocenters. The molecule has 0 saturated heterocycles. The Kier molecular flexibility index (Phi) is 5.00. The number of halogens is 1. The number of rotatable bonds is 5. The average molecular weight is 301 g/mol. The van der Waals surface area contributed by atoms with E-state index in [-0.39, 0.29) is 12.3 Å². The van der Waals surface area contributed by atoms with Gasteiger partial charge in [0.2, 0.25) is 0 Å². The molecule has 0 saturated carbocycles.